The van der Waals surface area contributed by atoms with Gasteiger partial charge in [-0.2, -0.15) is 0 Å². The number of phenols is 1. The molecule has 25 heavy (non-hydrogen) atoms. The van der Waals surface area contributed by atoms with E-state index in [-0.39, 0.29) is 29.3 Å². The summed E-state index contributed by atoms with van der Waals surface area (Å²) in [4.78, 5) is 11.1. The van der Waals surface area contributed by atoms with Gasteiger partial charge < -0.3 is 10.4 Å². The molecule has 0 aromatic heterocycles. The van der Waals surface area contributed by atoms with E-state index in [9.17, 15) is 15.2 Å². The van der Waals surface area contributed by atoms with Crippen molar-refractivity contribution in [2.24, 2.45) is 5.92 Å². The van der Waals surface area contributed by atoms with Gasteiger partial charge >= 0.3 is 0 Å². The molecule has 0 saturated carbocycles. The summed E-state index contributed by atoms with van der Waals surface area (Å²) in [6, 6.07) is 7.75. The standard InChI is InChI=1S/C18H14Cl2N2O3/c19-11-5-2-6-12(20)16(11)17-10-4-1-3-9(10)15-13(22(24)25)7-8-14(23)18(15)21-17/h1-3,5-10,17,21,23H,4H2. The van der Waals surface area contributed by atoms with Crippen molar-refractivity contribution < 1.29 is 10.0 Å². The normalized spacial score (nSPS) is 23.7. The third-order valence-corrected chi connectivity index (χ3v) is 5.64. The number of rotatable bonds is 2. The van der Waals surface area contributed by atoms with E-state index in [0.717, 1.165) is 12.0 Å². The summed E-state index contributed by atoms with van der Waals surface area (Å²) in [5.41, 5.74) is 1.65. The van der Waals surface area contributed by atoms with Gasteiger partial charge in [-0.25, -0.2) is 0 Å². The highest BCUT2D eigenvalue weighted by molar-refractivity contribution is 6.36. The second kappa shape index (κ2) is 5.93. The molecular weight excluding hydrogens is 363 g/mol. The zero-order chi connectivity index (χ0) is 17.7. The van der Waals surface area contributed by atoms with Gasteiger partial charge in [0.1, 0.15) is 5.75 Å². The summed E-state index contributed by atoms with van der Waals surface area (Å²) < 4.78 is 0. The van der Waals surface area contributed by atoms with E-state index in [1.807, 2.05) is 12.2 Å². The Morgan fingerprint density at radius 3 is 2.56 bits per heavy atom. The molecular formula is C18H14Cl2N2O3. The average Bonchev–Trinajstić information content (AvgIpc) is 3.05. The van der Waals surface area contributed by atoms with E-state index >= 15 is 0 Å². The van der Waals surface area contributed by atoms with Gasteiger partial charge in [-0.3, -0.25) is 10.1 Å². The van der Waals surface area contributed by atoms with Crippen LogP contribution in [0.5, 0.6) is 5.75 Å². The molecule has 1 heterocycles. The fourth-order valence-electron chi connectivity index (χ4n) is 3.93. The minimum atomic E-state index is -0.411. The molecule has 0 spiro atoms. The molecule has 128 valence electrons. The molecule has 4 rings (SSSR count). The molecule has 0 radical (unpaired) electrons. The smallest absolute Gasteiger partial charge is 0.275 e. The number of halogens is 2. The predicted molar refractivity (Wildman–Crippen MR) is 97.6 cm³/mol. The maximum absolute atomic E-state index is 11.5. The first kappa shape index (κ1) is 16.2. The molecule has 1 aliphatic heterocycles. The van der Waals surface area contributed by atoms with E-state index in [2.05, 4.69) is 5.32 Å². The van der Waals surface area contributed by atoms with Gasteiger partial charge in [0, 0.05) is 27.6 Å². The molecule has 7 heteroatoms. The number of nitro benzene ring substituents is 1. The summed E-state index contributed by atoms with van der Waals surface area (Å²) in [6.45, 7) is 0. The zero-order valence-electron chi connectivity index (χ0n) is 12.9. The molecule has 1 aliphatic carbocycles. The molecule has 0 fully saturated rings. The molecule has 0 amide bonds. The van der Waals surface area contributed by atoms with Crippen LogP contribution in [0.2, 0.25) is 10.0 Å². The van der Waals surface area contributed by atoms with Gasteiger partial charge in [0.05, 0.1) is 22.2 Å². The van der Waals surface area contributed by atoms with Crippen molar-refractivity contribution in [2.45, 2.75) is 18.4 Å². The minimum absolute atomic E-state index is 0.00514. The van der Waals surface area contributed by atoms with Crippen LogP contribution in [0.1, 0.15) is 29.5 Å². The monoisotopic (exact) mass is 376 g/mol. The summed E-state index contributed by atoms with van der Waals surface area (Å²) in [5, 5.41) is 26.1. The molecule has 2 aliphatic rings. The number of phenolic OH excluding ortho intramolecular Hbond substituents is 1. The van der Waals surface area contributed by atoms with Crippen molar-refractivity contribution in [3.63, 3.8) is 0 Å². The molecule has 3 atom stereocenters. The van der Waals surface area contributed by atoms with Crippen LogP contribution >= 0.6 is 23.2 Å². The van der Waals surface area contributed by atoms with Crippen LogP contribution in [0.4, 0.5) is 11.4 Å². The van der Waals surface area contributed by atoms with E-state index in [0.29, 0.717) is 21.3 Å². The number of benzene rings is 2. The highest BCUT2D eigenvalue weighted by Gasteiger charge is 2.43. The van der Waals surface area contributed by atoms with Gasteiger partial charge in [0.15, 0.2) is 0 Å². The van der Waals surface area contributed by atoms with Crippen molar-refractivity contribution in [3.05, 3.63) is 73.8 Å². The lowest BCUT2D eigenvalue weighted by atomic mass is 9.76. The summed E-state index contributed by atoms with van der Waals surface area (Å²) in [5.74, 6) is -0.168. The summed E-state index contributed by atoms with van der Waals surface area (Å²) >= 11 is 12.8. The Hall–Kier alpha value is -2.24. The number of hydrogen-bond donors (Lipinski definition) is 2. The second-order valence-electron chi connectivity index (χ2n) is 6.26. The summed E-state index contributed by atoms with van der Waals surface area (Å²) in [7, 11) is 0. The maximum Gasteiger partial charge on any atom is 0.275 e. The molecule has 0 saturated heterocycles. The number of nitrogens with one attached hydrogen (secondary N) is 1. The Labute approximate surface area is 154 Å². The summed E-state index contributed by atoms with van der Waals surface area (Å²) in [6.07, 6.45) is 4.72. The van der Waals surface area contributed by atoms with E-state index < -0.39 is 4.92 Å². The molecule has 5 nitrogen and oxygen atoms in total. The van der Waals surface area contributed by atoms with Crippen molar-refractivity contribution in [1.82, 2.24) is 0 Å². The first-order valence-electron chi connectivity index (χ1n) is 7.86. The lowest BCUT2D eigenvalue weighted by molar-refractivity contribution is -0.385. The third kappa shape index (κ3) is 2.46. The van der Waals surface area contributed by atoms with Crippen LogP contribution in [-0.4, -0.2) is 10.0 Å². The van der Waals surface area contributed by atoms with Crippen LogP contribution in [0.15, 0.2) is 42.5 Å². The number of fused-ring (bicyclic) bond motifs is 3. The Morgan fingerprint density at radius 2 is 1.88 bits per heavy atom. The minimum Gasteiger partial charge on any atom is -0.506 e. The van der Waals surface area contributed by atoms with Gasteiger partial charge in [-0.05, 0) is 30.5 Å². The fourth-order valence-corrected chi connectivity index (χ4v) is 4.56. The van der Waals surface area contributed by atoms with Gasteiger partial charge in [0.2, 0.25) is 0 Å². The predicted octanol–water partition coefficient (Wildman–Crippen LogP) is 5.43. The van der Waals surface area contributed by atoms with Crippen LogP contribution in [0.25, 0.3) is 0 Å². The first-order valence-corrected chi connectivity index (χ1v) is 8.62. The van der Waals surface area contributed by atoms with Crippen LogP contribution < -0.4 is 5.32 Å². The van der Waals surface area contributed by atoms with E-state index in [4.69, 9.17) is 23.2 Å². The lowest BCUT2D eigenvalue weighted by Crippen LogP contribution is -2.30. The van der Waals surface area contributed by atoms with Crippen molar-refractivity contribution in [2.75, 3.05) is 5.32 Å². The quantitative estimate of drug-likeness (QED) is 0.317. The lowest BCUT2D eigenvalue weighted by Gasteiger charge is -2.38. The van der Waals surface area contributed by atoms with Gasteiger partial charge in [0.25, 0.3) is 5.69 Å². The maximum atomic E-state index is 11.5. The van der Waals surface area contributed by atoms with Crippen molar-refractivity contribution >= 4 is 34.6 Å². The van der Waals surface area contributed by atoms with Crippen LogP contribution in [0, 0.1) is 16.0 Å². The SMILES string of the molecule is O=[N+]([O-])c1ccc(O)c2c1C1C=CCC1C(c1c(Cl)cccc1Cl)N2. The van der Waals surface area contributed by atoms with Crippen LogP contribution in [0.3, 0.4) is 0 Å². The topological polar surface area (TPSA) is 75.4 Å². The number of nitrogens with zero attached hydrogens (tertiary/aromatic N) is 1. The second-order valence-corrected chi connectivity index (χ2v) is 7.07. The zero-order valence-corrected chi connectivity index (χ0v) is 14.5. The van der Waals surface area contributed by atoms with E-state index in [1.54, 1.807) is 18.2 Å². The van der Waals surface area contributed by atoms with Crippen molar-refractivity contribution in [1.29, 1.82) is 0 Å². The largest absolute Gasteiger partial charge is 0.506 e. The number of nitro groups is 1. The van der Waals surface area contributed by atoms with Crippen LogP contribution in [-0.2, 0) is 0 Å². The number of aromatic hydroxyl groups is 1. The molecule has 2 aromatic rings. The van der Waals surface area contributed by atoms with Gasteiger partial charge in [-0.15, -0.1) is 0 Å². The Morgan fingerprint density at radius 1 is 1.16 bits per heavy atom. The molecule has 2 aromatic carbocycles. The number of hydrogen-bond acceptors (Lipinski definition) is 4. The molecule has 2 N–H and O–H groups in total. The third-order valence-electron chi connectivity index (χ3n) is 4.98. The first-order chi connectivity index (χ1) is 12.0. The fraction of sp³-hybridized carbons (Fsp3) is 0.222. The Kier molecular flexibility index (Phi) is 3.85. The number of allylic oxidation sites excluding steroid dienone is 2. The number of anilines is 1. The molecule has 3 unspecified atom stereocenters. The highest BCUT2D eigenvalue weighted by atomic mass is 35.5. The average molecular weight is 377 g/mol. The van der Waals surface area contributed by atoms with Crippen molar-refractivity contribution in [3.8, 4) is 5.75 Å². The molecule has 0 bridgehead atoms. The highest BCUT2D eigenvalue weighted by Crippen LogP contribution is 2.56. The Balaban J connectivity index is 1.92. The van der Waals surface area contributed by atoms with E-state index in [1.165, 1.54) is 12.1 Å². The van der Waals surface area contributed by atoms with Gasteiger partial charge in [-0.1, -0.05) is 41.4 Å². The Bertz CT molecular complexity index is 893.